The Morgan fingerprint density at radius 2 is 2.24 bits per heavy atom. The second-order valence-corrected chi connectivity index (χ2v) is 6.07. The fraction of sp³-hybridized carbons (Fsp3) is 0.636. The fourth-order valence-corrected chi connectivity index (χ4v) is 2.80. The molecule has 0 saturated carbocycles. The maximum Gasteiger partial charge on any atom is 0.408 e. The zero-order valence-electron chi connectivity index (χ0n) is 10.3. The van der Waals surface area contributed by atoms with Gasteiger partial charge in [-0.15, -0.1) is 11.3 Å². The molecule has 2 rings (SSSR count). The van der Waals surface area contributed by atoms with Crippen molar-refractivity contribution in [2.24, 2.45) is 0 Å². The fourth-order valence-electron chi connectivity index (χ4n) is 2.14. The van der Waals surface area contributed by atoms with Gasteiger partial charge in [-0.05, 0) is 20.8 Å². The van der Waals surface area contributed by atoms with Gasteiger partial charge >= 0.3 is 6.09 Å². The smallest absolute Gasteiger partial charge is 0.408 e. The molecule has 1 aliphatic rings. The predicted octanol–water partition coefficient (Wildman–Crippen LogP) is 2.11. The molecule has 1 aromatic heterocycles. The maximum absolute atomic E-state index is 11.3. The Morgan fingerprint density at radius 3 is 2.65 bits per heavy atom. The molecule has 0 bridgehead atoms. The van der Waals surface area contributed by atoms with E-state index in [0.717, 1.165) is 18.2 Å². The zero-order valence-corrected chi connectivity index (χ0v) is 11.1. The number of aromatic nitrogens is 1. The Balaban J connectivity index is 2.00. The molecule has 1 amide bonds. The summed E-state index contributed by atoms with van der Waals surface area (Å²) in [6, 6.07) is 0.0661. The highest BCUT2D eigenvalue weighted by Crippen LogP contribution is 2.29. The van der Waals surface area contributed by atoms with Gasteiger partial charge in [0.15, 0.2) is 5.13 Å². The van der Waals surface area contributed by atoms with Gasteiger partial charge in [-0.3, -0.25) is 4.90 Å². The largest absolute Gasteiger partial charge is 0.465 e. The highest BCUT2D eigenvalue weighted by atomic mass is 32.1. The minimum absolute atomic E-state index is 0.0661. The summed E-state index contributed by atoms with van der Waals surface area (Å²) in [6.07, 6.45) is 0.924. The van der Waals surface area contributed by atoms with Gasteiger partial charge < -0.3 is 10.0 Å². The Morgan fingerprint density at radius 1 is 1.59 bits per heavy atom. The quantitative estimate of drug-likeness (QED) is 0.879. The molecule has 0 unspecified atom stereocenters. The van der Waals surface area contributed by atoms with Crippen LogP contribution in [0, 0.1) is 0 Å². The third-order valence-corrected chi connectivity index (χ3v) is 3.68. The van der Waals surface area contributed by atoms with E-state index in [0.29, 0.717) is 0 Å². The summed E-state index contributed by atoms with van der Waals surface area (Å²) in [6.45, 7) is 7.24. The molecule has 1 N–H and O–H groups in total. The monoisotopic (exact) mass is 255 g/mol. The molecule has 0 aliphatic carbocycles. The van der Waals surface area contributed by atoms with E-state index in [1.54, 1.807) is 17.5 Å². The summed E-state index contributed by atoms with van der Waals surface area (Å²) in [7, 11) is 0. The molecule has 94 valence electrons. The lowest BCUT2D eigenvalue weighted by atomic mass is 9.99. The van der Waals surface area contributed by atoms with E-state index in [-0.39, 0.29) is 11.6 Å². The van der Waals surface area contributed by atoms with Crippen LogP contribution in [0.4, 0.5) is 9.93 Å². The third-order valence-electron chi connectivity index (χ3n) is 2.85. The average Bonchev–Trinajstić information content (AvgIpc) is 2.59. The summed E-state index contributed by atoms with van der Waals surface area (Å²) in [5.41, 5.74) is -0.356. The Bertz CT molecular complexity index is 393. The minimum atomic E-state index is -0.846. The molecule has 0 atom stereocenters. The van der Waals surface area contributed by atoms with Crippen molar-refractivity contribution in [2.45, 2.75) is 32.4 Å². The Labute approximate surface area is 105 Å². The standard InChI is InChI=1S/C11H17N3O2S/c1-11(2,3)14(10(15)16)8-6-13(7-8)9-12-4-5-17-9/h4-5,8H,6-7H2,1-3H3,(H,15,16). The molecule has 1 fully saturated rings. The van der Waals surface area contributed by atoms with Crippen LogP contribution in [0.2, 0.25) is 0 Å². The van der Waals surface area contributed by atoms with Crippen molar-refractivity contribution in [2.75, 3.05) is 18.0 Å². The van der Waals surface area contributed by atoms with Crippen molar-refractivity contribution in [3.8, 4) is 0 Å². The van der Waals surface area contributed by atoms with E-state index in [9.17, 15) is 9.90 Å². The number of hydrogen-bond acceptors (Lipinski definition) is 4. The predicted molar refractivity (Wildman–Crippen MR) is 67.7 cm³/mol. The number of hydrogen-bond donors (Lipinski definition) is 1. The summed E-state index contributed by atoms with van der Waals surface area (Å²) in [5, 5.41) is 12.2. The first kappa shape index (κ1) is 12.2. The summed E-state index contributed by atoms with van der Waals surface area (Å²) >= 11 is 1.59. The lowest BCUT2D eigenvalue weighted by Crippen LogP contribution is -2.65. The molecular formula is C11H17N3O2S. The molecule has 0 spiro atoms. The van der Waals surface area contributed by atoms with E-state index < -0.39 is 6.09 Å². The number of anilines is 1. The van der Waals surface area contributed by atoms with Gasteiger partial charge in [-0.2, -0.15) is 0 Å². The van der Waals surface area contributed by atoms with Crippen molar-refractivity contribution in [1.82, 2.24) is 9.88 Å². The number of rotatable bonds is 2. The zero-order chi connectivity index (χ0) is 12.6. The van der Waals surface area contributed by atoms with E-state index in [4.69, 9.17) is 0 Å². The van der Waals surface area contributed by atoms with E-state index >= 15 is 0 Å². The molecule has 6 heteroatoms. The molecule has 17 heavy (non-hydrogen) atoms. The lowest BCUT2D eigenvalue weighted by molar-refractivity contribution is 0.0602. The van der Waals surface area contributed by atoms with Gasteiger partial charge in [-0.1, -0.05) is 0 Å². The van der Waals surface area contributed by atoms with Crippen molar-refractivity contribution in [1.29, 1.82) is 0 Å². The second kappa shape index (κ2) is 4.18. The number of amides is 1. The average molecular weight is 255 g/mol. The van der Waals surface area contributed by atoms with Crippen molar-refractivity contribution >= 4 is 22.6 Å². The summed E-state index contributed by atoms with van der Waals surface area (Å²) in [4.78, 5) is 19.1. The molecule has 0 radical (unpaired) electrons. The number of carbonyl (C=O) groups is 1. The number of nitrogens with zero attached hydrogens (tertiary/aromatic N) is 3. The SMILES string of the molecule is CC(C)(C)N(C(=O)O)C1CN(c2nccs2)C1. The summed E-state index contributed by atoms with van der Waals surface area (Å²) < 4.78 is 0. The van der Waals surface area contributed by atoms with Crippen LogP contribution in [0.5, 0.6) is 0 Å². The lowest BCUT2D eigenvalue weighted by Gasteiger charge is -2.49. The van der Waals surface area contributed by atoms with Crippen molar-refractivity contribution in [3.05, 3.63) is 11.6 Å². The van der Waals surface area contributed by atoms with Crippen molar-refractivity contribution in [3.63, 3.8) is 0 Å². The first-order chi connectivity index (χ1) is 7.89. The molecule has 1 saturated heterocycles. The van der Waals surface area contributed by atoms with Crippen LogP contribution in [0.3, 0.4) is 0 Å². The number of thiazole rings is 1. The maximum atomic E-state index is 11.3. The van der Waals surface area contributed by atoms with E-state index in [1.807, 2.05) is 26.2 Å². The van der Waals surface area contributed by atoms with Crippen LogP contribution in [0.15, 0.2) is 11.6 Å². The molecular weight excluding hydrogens is 238 g/mol. The highest BCUT2D eigenvalue weighted by Gasteiger charge is 2.40. The molecule has 2 heterocycles. The van der Waals surface area contributed by atoms with E-state index in [2.05, 4.69) is 9.88 Å². The highest BCUT2D eigenvalue weighted by molar-refractivity contribution is 7.13. The molecule has 1 aliphatic heterocycles. The van der Waals surface area contributed by atoms with Gasteiger partial charge in [0.2, 0.25) is 0 Å². The van der Waals surface area contributed by atoms with Crippen LogP contribution >= 0.6 is 11.3 Å². The topological polar surface area (TPSA) is 56.7 Å². The third kappa shape index (κ3) is 2.36. The van der Waals surface area contributed by atoms with Gasteiger partial charge in [0.1, 0.15) is 0 Å². The Hall–Kier alpha value is -1.30. The second-order valence-electron chi connectivity index (χ2n) is 5.20. The minimum Gasteiger partial charge on any atom is -0.465 e. The van der Waals surface area contributed by atoms with E-state index in [1.165, 1.54) is 4.90 Å². The van der Waals surface area contributed by atoms with Gasteiger partial charge in [0.05, 0.1) is 6.04 Å². The molecule has 1 aromatic rings. The van der Waals surface area contributed by atoms with Crippen LogP contribution in [0.25, 0.3) is 0 Å². The van der Waals surface area contributed by atoms with Crippen LogP contribution in [0.1, 0.15) is 20.8 Å². The van der Waals surface area contributed by atoms with Crippen molar-refractivity contribution < 1.29 is 9.90 Å². The Kier molecular flexibility index (Phi) is 2.99. The molecule has 0 aromatic carbocycles. The first-order valence-corrected chi connectivity index (χ1v) is 6.44. The van der Waals surface area contributed by atoms with Gasteiger partial charge in [-0.25, -0.2) is 9.78 Å². The summed E-state index contributed by atoms with van der Waals surface area (Å²) in [5.74, 6) is 0. The van der Waals surface area contributed by atoms with Gasteiger partial charge in [0.25, 0.3) is 0 Å². The van der Waals surface area contributed by atoms with Crippen LogP contribution in [-0.2, 0) is 0 Å². The number of carboxylic acid groups (broad SMARTS) is 1. The first-order valence-electron chi connectivity index (χ1n) is 5.56. The van der Waals surface area contributed by atoms with Crippen LogP contribution in [-0.4, -0.2) is 45.8 Å². The molecule has 5 nitrogen and oxygen atoms in total. The normalized spacial score (nSPS) is 16.8. The van der Waals surface area contributed by atoms with Crippen LogP contribution < -0.4 is 4.90 Å². The van der Waals surface area contributed by atoms with Gasteiger partial charge in [0, 0.05) is 30.2 Å².